The van der Waals surface area contributed by atoms with Gasteiger partial charge in [-0.2, -0.15) is 0 Å². The summed E-state index contributed by atoms with van der Waals surface area (Å²) in [6, 6.07) is 12.1. The Morgan fingerprint density at radius 1 is 0.853 bits per heavy atom. The molecule has 1 heterocycles. The lowest BCUT2D eigenvalue weighted by Gasteiger charge is -2.24. The Hall–Kier alpha value is -2.66. The minimum atomic E-state index is -2.00. The van der Waals surface area contributed by atoms with Gasteiger partial charge in [0.25, 0.3) is 5.91 Å². The molecule has 4 nitrogen and oxygen atoms in total. The number of amides is 1. The van der Waals surface area contributed by atoms with Gasteiger partial charge in [0.15, 0.2) is 11.4 Å². The van der Waals surface area contributed by atoms with Gasteiger partial charge in [-0.05, 0) is 98.3 Å². The molecule has 1 aliphatic heterocycles. The molecule has 1 aliphatic rings. The maximum atomic E-state index is 13.6. The highest BCUT2D eigenvalue weighted by Crippen LogP contribution is 2.45. The van der Waals surface area contributed by atoms with Crippen LogP contribution in [0.15, 0.2) is 42.5 Å². The summed E-state index contributed by atoms with van der Waals surface area (Å²) in [5, 5.41) is 12.7. The van der Waals surface area contributed by atoms with Crippen molar-refractivity contribution in [3.8, 4) is 0 Å². The van der Waals surface area contributed by atoms with Gasteiger partial charge in [0.1, 0.15) is 0 Å². The molecule has 34 heavy (non-hydrogen) atoms. The molecule has 1 amide bonds. The molecule has 1 unspecified atom stereocenters. The Morgan fingerprint density at radius 2 is 1.38 bits per heavy atom. The lowest BCUT2D eigenvalue weighted by atomic mass is 9.82. The van der Waals surface area contributed by atoms with Crippen LogP contribution in [0, 0.1) is 34.6 Å². The first kappa shape index (κ1) is 24.5. The molecule has 0 bridgehead atoms. The second kappa shape index (κ2) is 8.84. The highest BCUT2D eigenvalue weighted by molar-refractivity contribution is 6.31. The number of hydrogen-bond acceptors (Lipinski definition) is 3. The summed E-state index contributed by atoms with van der Waals surface area (Å²) in [6.07, 6.45) is -0.361. The zero-order valence-electron chi connectivity index (χ0n) is 19.9. The average molecular weight is 496 g/mol. The van der Waals surface area contributed by atoms with Gasteiger partial charge < -0.3 is 10.0 Å². The molecule has 3 aromatic carbocycles. The molecule has 0 saturated carbocycles. The van der Waals surface area contributed by atoms with E-state index in [4.69, 9.17) is 23.2 Å². The van der Waals surface area contributed by atoms with E-state index in [1.165, 1.54) is 4.90 Å². The number of Topliss-reactive ketones (excluding diaryl/α,β-unsaturated/α-hetero) is 1. The number of fused-ring (bicyclic) bond motifs is 1. The quantitative estimate of drug-likeness (QED) is 0.408. The predicted octanol–water partition coefficient (Wildman–Crippen LogP) is 6.54. The van der Waals surface area contributed by atoms with E-state index in [0.29, 0.717) is 26.9 Å². The van der Waals surface area contributed by atoms with Crippen LogP contribution in [0.3, 0.4) is 0 Å². The summed E-state index contributed by atoms with van der Waals surface area (Å²) in [5.74, 6) is -0.805. The minimum Gasteiger partial charge on any atom is -0.375 e. The van der Waals surface area contributed by atoms with Gasteiger partial charge >= 0.3 is 0 Å². The molecule has 1 atom stereocenters. The molecular formula is C28H27Cl2NO3. The third-order valence-electron chi connectivity index (χ3n) is 7.24. The number of carbonyl (C=O) groups is 2. The van der Waals surface area contributed by atoms with E-state index < -0.39 is 11.5 Å². The van der Waals surface area contributed by atoms with Crippen LogP contribution in [0.1, 0.15) is 55.7 Å². The molecule has 4 rings (SSSR count). The maximum Gasteiger partial charge on any atom is 0.264 e. The third kappa shape index (κ3) is 3.94. The first-order valence-corrected chi connectivity index (χ1v) is 11.9. The first-order valence-electron chi connectivity index (χ1n) is 11.1. The number of anilines is 1. The molecular weight excluding hydrogens is 469 g/mol. The maximum absolute atomic E-state index is 13.6. The van der Waals surface area contributed by atoms with Crippen LogP contribution in [-0.4, -0.2) is 16.8 Å². The van der Waals surface area contributed by atoms with Gasteiger partial charge in [-0.3, -0.25) is 9.59 Å². The van der Waals surface area contributed by atoms with Crippen LogP contribution in [0.4, 0.5) is 5.69 Å². The van der Waals surface area contributed by atoms with E-state index >= 15 is 0 Å². The monoisotopic (exact) mass is 495 g/mol. The number of hydrogen-bond donors (Lipinski definition) is 1. The smallest absolute Gasteiger partial charge is 0.264 e. The van der Waals surface area contributed by atoms with Crippen molar-refractivity contribution in [2.45, 2.75) is 53.2 Å². The SMILES string of the molecule is Cc1c(C)c(C)c(C(=O)CC2(O)C(=O)N(Cc3ccc(Cl)cc3)c3ccc(Cl)cc32)c(C)c1C. The Labute approximate surface area is 210 Å². The van der Waals surface area contributed by atoms with E-state index in [0.717, 1.165) is 33.4 Å². The molecule has 1 N–H and O–H groups in total. The summed E-state index contributed by atoms with van der Waals surface area (Å²) in [6.45, 7) is 10.1. The highest BCUT2D eigenvalue weighted by atomic mass is 35.5. The Morgan fingerprint density at radius 3 is 1.97 bits per heavy atom. The van der Waals surface area contributed by atoms with Crippen molar-refractivity contribution in [2.24, 2.45) is 0 Å². The second-order valence-corrected chi connectivity index (χ2v) is 10.0. The van der Waals surface area contributed by atoms with Crippen LogP contribution in [0.2, 0.25) is 10.0 Å². The Bertz CT molecular complexity index is 1300. The van der Waals surface area contributed by atoms with E-state index in [1.54, 1.807) is 30.3 Å². The molecule has 0 saturated heterocycles. The molecule has 3 aromatic rings. The summed E-state index contributed by atoms with van der Waals surface area (Å²) >= 11 is 12.2. The van der Waals surface area contributed by atoms with Crippen molar-refractivity contribution in [1.29, 1.82) is 0 Å². The zero-order valence-corrected chi connectivity index (χ0v) is 21.4. The second-order valence-electron chi connectivity index (χ2n) is 9.14. The summed E-state index contributed by atoms with van der Waals surface area (Å²) in [4.78, 5) is 28.8. The van der Waals surface area contributed by atoms with E-state index in [2.05, 4.69) is 0 Å². The van der Waals surface area contributed by atoms with Crippen LogP contribution in [0.5, 0.6) is 0 Å². The number of halogens is 2. The fourth-order valence-electron chi connectivity index (χ4n) is 4.86. The van der Waals surface area contributed by atoms with Crippen molar-refractivity contribution < 1.29 is 14.7 Å². The van der Waals surface area contributed by atoms with Gasteiger partial charge in [-0.25, -0.2) is 0 Å². The van der Waals surface area contributed by atoms with E-state index in [1.807, 2.05) is 46.8 Å². The number of ketones is 1. The molecule has 0 spiro atoms. The molecule has 176 valence electrons. The minimum absolute atomic E-state index is 0.238. The number of nitrogens with zero attached hydrogens (tertiary/aromatic N) is 1. The Balaban J connectivity index is 1.76. The molecule has 0 radical (unpaired) electrons. The summed E-state index contributed by atoms with van der Waals surface area (Å²) in [7, 11) is 0. The van der Waals surface area contributed by atoms with Gasteiger partial charge in [-0.1, -0.05) is 35.3 Å². The lowest BCUT2D eigenvalue weighted by molar-refractivity contribution is -0.136. The number of carbonyl (C=O) groups excluding carboxylic acids is 2. The number of benzene rings is 3. The van der Waals surface area contributed by atoms with Crippen molar-refractivity contribution in [1.82, 2.24) is 0 Å². The van der Waals surface area contributed by atoms with E-state index in [-0.39, 0.29) is 18.7 Å². The van der Waals surface area contributed by atoms with Gasteiger partial charge in [0, 0.05) is 21.2 Å². The summed E-state index contributed by atoms with van der Waals surface area (Å²) in [5.41, 5.74) is 5.31. The van der Waals surface area contributed by atoms with Crippen molar-refractivity contribution in [3.63, 3.8) is 0 Å². The van der Waals surface area contributed by atoms with Crippen molar-refractivity contribution in [3.05, 3.63) is 97.0 Å². The largest absolute Gasteiger partial charge is 0.375 e. The zero-order chi connectivity index (χ0) is 24.9. The summed E-state index contributed by atoms with van der Waals surface area (Å²) < 4.78 is 0. The first-order chi connectivity index (χ1) is 16.0. The van der Waals surface area contributed by atoms with E-state index in [9.17, 15) is 14.7 Å². The normalized spacial score (nSPS) is 17.3. The fraction of sp³-hybridized carbons (Fsp3) is 0.286. The topological polar surface area (TPSA) is 57.6 Å². The van der Waals surface area contributed by atoms with Gasteiger partial charge in [0.2, 0.25) is 0 Å². The lowest BCUT2D eigenvalue weighted by Crippen LogP contribution is -2.41. The number of aliphatic hydroxyl groups is 1. The van der Waals surface area contributed by atoms with Crippen LogP contribution in [0.25, 0.3) is 0 Å². The van der Waals surface area contributed by atoms with Gasteiger partial charge in [0.05, 0.1) is 18.7 Å². The molecule has 0 fully saturated rings. The fourth-order valence-corrected chi connectivity index (χ4v) is 5.16. The van der Waals surface area contributed by atoms with Gasteiger partial charge in [-0.15, -0.1) is 0 Å². The van der Waals surface area contributed by atoms with Crippen molar-refractivity contribution >= 4 is 40.6 Å². The predicted molar refractivity (Wildman–Crippen MR) is 137 cm³/mol. The molecule has 6 heteroatoms. The van der Waals surface area contributed by atoms with Crippen LogP contribution >= 0.6 is 23.2 Å². The standard InChI is InChI=1S/C28H27Cl2NO3/c1-15-16(2)18(4)26(19(5)17(15)3)25(32)13-28(34)23-12-22(30)10-11-24(23)31(27(28)33)14-20-6-8-21(29)9-7-20/h6-12,34H,13-14H2,1-5H3. The average Bonchev–Trinajstić information content (AvgIpc) is 2.99. The molecule has 0 aromatic heterocycles. The number of rotatable bonds is 5. The van der Waals surface area contributed by atoms with Crippen LogP contribution < -0.4 is 4.90 Å². The Kier molecular flexibility index (Phi) is 6.36. The molecule has 0 aliphatic carbocycles. The third-order valence-corrected chi connectivity index (χ3v) is 7.73. The van der Waals surface area contributed by atoms with Crippen LogP contribution in [-0.2, 0) is 16.9 Å². The van der Waals surface area contributed by atoms with Crippen molar-refractivity contribution in [2.75, 3.05) is 4.90 Å². The highest BCUT2D eigenvalue weighted by Gasteiger charge is 2.51.